The molecule has 0 saturated carbocycles. The molecule has 0 radical (unpaired) electrons. The minimum Gasteiger partial charge on any atom is -0.465 e. The van der Waals surface area contributed by atoms with E-state index in [1.807, 2.05) is 23.1 Å². The second-order valence-corrected chi connectivity index (χ2v) is 7.42. The number of methoxy groups -OCH3 is 1. The van der Waals surface area contributed by atoms with Crippen molar-refractivity contribution in [1.82, 2.24) is 19.8 Å². The SMILES string of the molecule is CCOC(=O)CN1C(=S)N[C@@H](c2ccccn2)[C@@H]1c1cc(C)n(CCOC)c1C. The molecule has 3 rings (SSSR count). The number of aryl methyl sites for hydroxylation is 1. The molecule has 2 aromatic heterocycles. The summed E-state index contributed by atoms with van der Waals surface area (Å²) in [5, 5.41) is 3.90. The summed E-state index contributed by atoms with van der Waals surface area (Å²) in [7, 11) is 1.70. The topological polar surface area (TPSA) is 68.6 Å². The van der Waals surface area contributed by atoms with Gasteiger partial charge in [0.25, 0.3) is 0 Å². The zero-order valence-corrected chi connectivity index (χ0v) is 18.2. The van der Waals surface area contributed by atoms with Crippen molar-refractivity contribution < 1.29 is 14.3 Å². The number of nitrogens with zero attached hydrogens (tertiary/aromatic N) is 3. The van der Waals surface area contributed by atoms with E-state index in [0.29, 0.717) is 18.3 Å². The number of ether oxygens (including phenoxy) is 2. The van der Waals surface area contributed by atoms with Gasteiger partial charge in [-0.25, -0.2) is 0 Å². The van der Waals surface area contributed by atoms with Crippen molar-refractivity contribution in [1.29, 1.82) is 0 Å². The minimum absolute atomic E-state index is 0.0927. The number of hydrogen-bond donors (Lipinski definition) is 1. The summed E-state index contributed by atoms with van der Waals surface area (Å²) in [6.07, 6.45) is 1.77. The van der Waals surface area contributed by atoms with E-state index in [1.54, 1.807) is 20.2 Å². The van der Waals surface area contributed by atoms with E-state index in [4.69, 9.17) is 21.7 Å². The van der Waals surface area contributed by atoms with Gasteiger partial charge in [-0.2, -0.15) is 0 Å². The van der Waals surface area contributed by atoms with Crippen LogP contribution < -0.4 is 5.32 Å². The maximum atomic E-state index is 12.3. The zero-order valence-electron chi connectivity index (χ0n) is 17.3. The van der Waals surface area contributed by atoms with E-state index < -0.39 is 0 Å². The molecule has 1 aliphatic rings. The van der Waals surface area contributed by atoms with Crippen LogP contribution in [-0.4, -0.2) is 52.4 Å². The van der Waals surface area contributed by atoms with Gasteiger partial charge in [0.05, 0.1) is 31.0 Å². The van der Waals surface area contributed by atoms with Crippen LogP contribution in [0.3, 0.4) is 0 Å². The Labute approximate surface area is 177 Å². The largest absolute Gasteiger partial charge is 0.465 e. The molecule has 1 N–H and O–H groups in total. The summed E-state index contributed by atoms with van der Waals surface area (Å²) < 4.78 is 12.7. The third-order valence-electron chi connectivity index (χ3n) is 5.25. The normalized spacial score (nSPS) is 18.8. The highest BCUT2D eigenvalue weighted by molar-refractivity contribution is 7.80. The predicted octanol–water partition coefficient (Wildman–Crippen LogP) is 2.68. The van der Waals surface area contributed by atoms with Crippen molar-refractivity contribution in [2.75, 3.05) is 26.9 Å². The molecule has 0 spiro atoms. The molecule has 2 aromatic rings. The summed E-state index contributed by atoms with van der Waals surface area (Å²) in [5.74, 6) is -0.295. The first-order valence-electron chi connectivity index (χ1n) is 9.77. The molecule has 0 aromatic carbocycles. The Morgan fingerprint density at radius 3 is 2.79 bits per heavy atom. The maximum absolute atomic E-state index is 12.3. The highest BCUT2D eigenvalue weighted by Gasteiger charge is 2.42. The number of carbonyl (C=O) groups is 1. The molecular formula is C21H28N4O3S. The van der Waals surface area contributed by atoms with Crippen LogP contribution in [0.4, 0.5) is 0 Å². The fourth-order valence-corrected chi connectivity index (χ4v) is 4.22. The third kappa shape index (κ3) is 4.43. The van der Waals surface area contributed by atoms with Gasteiger partial charge in [-0.1, -0.05) is 6.07 Å². The number of hydrogen-bond acceptors (Lipinski definition) is 5. The van der Waals surface area contributed by atoms with Crippen LogP contribution in [0.5, 0.6) is 0 Å². The lowest BCUT2D eigenvalue weighted by molar-refractivity contribution is -0.143. The predicted molar refractivity (Wildman–Crippen MR) is 115 cm³/mol. The molecule has 29 heavy (non-hydrogen) atoms. The zero-order chi connectivity index (χ0) is 21.0. The first kappa shape index (κ1) is 21.3. The van der Waals surface area contributed by atoms with E-state index in [-0.39, 0.29) is 24.6 Å². The van der Waals surface area contributed by atoms with E-state index >= 15 is 0 Å². The van der Waals surface area contributed by atoms with E-state index in [9.17, 15) is 4.79 Å². The first-order chi connectivity index (χ1) is 14.0. The monoisotopic (exact) mass is 416 g/mol. The molecule has 8 heteroatoms. The van der Waals surface area contributed by atoms with Crippen LogP contribution in [0.1, 0.15) is 41.7 Å². The molecule has 0 aliphatic carbocycles. The molecule has 2 atom stereocenters. The van der Waals surface area contributed by atoms with Crippen molar-refractivity contribution in [2.45, 2.75) is 39.4 Å². The van der Waals surface area contributed by atoms with Crippen molar-refractivity contribution in [3.8, 4) is 0 Å². The second kappa shape index (κ2) is 9.37. The number of thiocarbonyl (C=S) groups is 1. The van der Waals surface area contributed by atoms with Crippen molar-refractivity contribution in [3.05, 3.63) is 53.1 Å². The van der Waals surface area contributed by atoms with Gasteiger partial charge >= 0.3 is 5.97 Å². The van der Waals surface area contributed by atoms with Gasteiger partial charge in [0.1, 0.15) is 6.54 Å². The summed E-state index contributed by atoms with van der Waals surface area (Å²) in [6, 6.07) is 7.67. The fraction of sp³-hybridized carbons (Fsp3) is 0.476. The number of nitrogens with one attached hydrogen (secondary N) is 1. The van der Waals surface area contributed by atoms with Crippen LogP contribution >= 0.6 is 12.2 Å². The van der Waals surface area contributed by atoms with E-state index in [1.165, 1.54) is 0 Å². The summed E-state index contributed by atoms with van der Waals surface area (Å²) >= 11 is 5.60. The Morgan fingerprint density at radius 1 is 1.34 bits per heavy atom. The molecule has 7 nitrogen and oxygen atoms in total. The van der Waals surface area contributed by atoms with Crippen LogP contribution in [0.15, 0.2) is 30.5 Å². The summed E-state index contributed by atoms with van der Waals surface area (Å²) in [5.41, 5.74) is 4.27. The summed E-state index contributed by atoms with van der Waals surface area (Å²) in [6.45, 7) is 7.81. The number of esters is 1. The smallest absolute Gasteiger partial charge is 0.325 e. The second-order valence-electron chi connectivity index (χ2n) is 7.03. The molecule has 1 aliphatic heterocycles. The highest BCUT2D eigenvalue weighted by Crippen LogP contribution is 2.40. The van der Waals surface area contributed by atoms with E-state index in [2.05, 4.69) is 34.8 Å². The Kier molecular flexibility index (Phi) is 6.87. The Bertz CT molecular complexity index is 868. The van der Waals surface area contributed by atoms with Crippen molar-refractivity contribution >= 4 is 23.3 Å². The lowest BCUT2D eigenvalue weighted by Crippen LogP contribution is -2.35. The van der Waals surface area contributed by atoms with Gasteiger partial charge in [0.15, 0.2) is 5.11 Å². The molecule has 0 bridgehead atoms. The number of aromatic nitrogens is 2. The van der Waals surface area contributed by atoms with Crippen molar-refractivity contribution in [3.63, 3.8) is 0 Å². The average Bonchev–Trinajstić information content (AvgIpc) is 3.17. The van der Waals surface area contributed by atoms with Gasteiger partial charge in [0, 0.05) is 31.2 Å². The number of pyridine rings is 1. The molecule has 156 valence electrons. The fourth-order valence-electron chi connectivity index (χ4n) is 3.91. The molecule has 3 heterocycles. The molecule has 0 unspecified atom stereocenters. The van der Waals surface area contributed by atoms with Crippen LogP contribution in [0.25, 0.3) is 0 Å². The quantitative estimate of drug-likeness (QED) is 0.524. The standard InChI is InChI=1S/C21H28N4O3S/c1-5-28-18(26)13-25-20(16-12-14(2)24(15(16)3)10-11-27-4)19(23-21(25)29)17-8-6-7-9-22-17/h6-9,12,19-20H,5,10-11,13H2,1-4H3,(H,23,29)/t19-,20-/m0/s1. The van der Waals surface area contributed by atoms with Crippen molar-refractivity contribution in [2.24, 2.45) is 0 Å². The van der Waals surface area contributed by atoms with Crippen LogP contribution in [-0.2, 0) is 20.8 Å². The van der Waals surface area contributed by atoms with Gasteiger partial charge in [-0.3, -0.25) is 9.78 Å². The Balaban J connectivity index is 2.02. The lowest BCUT2D eigenvalue weighted by Gasteiger charge is -2.27. The number of carbonyl (C=O) groups excluding carboxylic acids is 1. The van der Waals surface area contributed by atoms with Gasteiger partial charge < -0.3 is 24.3 Å². The van der Waals surface area contributed by atoms with E-state index in [0.717, 1.165) is 29.2 Å². The van der Waals surface area contributed by atoms with Crippen LogP contribution in [0.2, 0.25) is 0 Å². The van der Waals surface area contributed by atoms with Gasteiger partial charge in [-0.15, -0.1) is 0 Å². The molecule has 0 amide bonds. The maximum Gasteiger partial charge on any atom is 0.325 e. The number of rotatable bonds is 8. The minimum atomic E-state index is -0.295. The molecular weight excluding hydrogens is 388 g/mol. The highest BCUT2D eigenvalue weighted by atomic mass is 32.1. The summed E-state index contributed by atoms with van der Waals surface area (Å²) in [4.78, 5) is 18.7. The average molecular weight is 417 g/mol. The molecule has 1 fully saturated rings. The Hall–Kier alpha value is -2.45. The third-order valence-corrected chi connectivity index (χ3v) is 5.61. The van der Waals surface area contributed by atoms with Gasteiger partial charge in [0.2, 0.25) is 0 Å². The lowest BCUT2D eigenvalue weighted by atomic mass is 9.97. The Morgan fingerprint density at radius 2 is 2.14 bits per heavy atom. The van der Waals surface area contributed by atoms with Gasteiger partial charge in [-0.05, 0) is 56.8 Å². The molecule has 1 saturated heterocycles. The first-order valence-corrected chi connectivity index (χ1v) is 10.2. The van der Waals surface area contributed by atoms with Crippen LogP contribution in [0, 0.1) is 13.8 Å².